The minimum atomic E-state index is -0.412. The number of hydrogen-bond donors (Lipinski definition) is 1. The third-order valence-corrected chi connectivity index (χ3v) is 6.12. The molecule has 0 aliphatic carbocycles. The van der Waals surface area contributed by atoms with Gasteiger partial charge in [0.1, 0.15) is 0 Å². The highest BCUT2D eigenvalue weighted by molar-refractivity contribution is 9.10. The van der Waals surface area contributed by atoms with Crippen molar-refractivity contribution in [2.75, 3.05) is 11.1 Å². The molecule has 0 fully saturated rings. The minimum Gasteiger partial charge on any atom is -0.448 e. The van der Waals surface area contributed by atoms with E-state index in [1.165, 1.54) is 17.1 Å². The maximum atomic E-state index is 6.36. The van der Waals surface area contributed by atoms with Crippen molar-refractivity contribution in [3.63, 3.8) is 0 Å². The number of rotatable bonds is 4. The average Bonchev–Trinajstić information content (AvgIpc) is 2.93. The van der Waals surface area contributed by atoms with Crippen molar-refractivity contribution in [2.24, 2.45) is 0 Å². The van der Waals surface area contributed by atoms with Crippen molar-refractivity contribution in [3.8, 4) is 17.1 Å². The van der Waals surface area contributed by atoms with Gasteiger partial charge in [0, 0.05) is 27.0 Å². The molecule has 2 heterocycles. The van der Waals surface area contributed by atoms with E-state index >= 15 is 0 Å². The molecule has 1 aliphatic rings. The van der Waals surface area contributed by atoms with Crippen LogP contribution >= 0.6 is 27.7 Å². The summed E-state index contributed by atoms with van der Waals surface area (Å²) < 4.78 is 7.30. The van der Waals surface area contributed by atoms with Gasteiger partial charge < -0.3 is 10.1 Å². The quantitative estimate of drug-likeness (QED) is 0.278. The lowest BCUT2D eigenvalue weighted by Crippen LogP contribution is -2.17. The first-order valence-electron chi connectivity index (χ1n) is 9.41. The van der Waals surface area contributed by atoms with Crippen LogP contribution in [0.1, 0.15) is 11.8 Å². The number of aromatic nitrogens is 3. The molecule has 3 aromatic carbocycles. The largest absolute Gasteiger partial charge is 0.448 e. The number of nitrogens with zero attached hydrogens (tertiary/aromatic N) is 3. The molecule has 30 heavy (non-hydrogen) atoms. The van der Waals surface area contributed by atoms with E-state index in [2.05, 4.69) is 73.3 Å². The van der Waals surface area contributed by atoms with Gasteiger partial charge in [-0.25, -0.2) is 0 Å². The highest BCUT2D eigenvalue weighted by Crippen LogP contribution is 2.41. The fourth-order valence-electron chi connectivity index (χ4n) is 3.39. The van der Waals surface area contributed by atoms with Crippen LogP contribution in [-0.4, -0.2) is 20.9 Å². The van der Waals surface area contributed by atoms with E-state index in [1.54, 1.807) is 0 Å². The number of fused-ring (bicyclic) bond motifs is 4. The summed E-state index contributed by atoms with van der Waals surface area (Å²) in [5, 5.41) is 15.1. The van der Waals surface area contributed by atoms with E-state index in [4.69, 9.17) is 4.74 Å². The highest BCUT2D eigenvalue weighted by atomic mass is 79.9. The molecule has 4 aromatic rings. The summed E-state index contributed by atoms with van der Waals surface area (Å²) in [5.74, 6) is 1.16. The Morgan fingerprint density at radius 2 is 1.93 bits per heavy atom. The second-order valence-electron chi connectivity index (χ2n) is 6.79. The average molecular weight is 477 g/mol. The Bertz CT molecular complexity index is 1260. The van der Waals surface area contributed by atoms with E-state index in [0.29, 0.717) is 22.5 Å². The van der Waals surface area contributed by atoms with Crippen molar-refractivity contribution in [2.45, 2.75) is 11.4 Å². The number of hydrogen-bond acceptors (Lipinski definition) is 6. The van der Waals surface area contributed by atoms with Gasteiger partial charge in [-0.15, -0.1) is 16.8 Å². The van der Waals surface area contributed by atoms with Gasteiger partial charge in [-0.3, -0.25) is 0 Å². The molecule has 148 valence electrons. The summed E-state index contributed by atoms with van der Waals surface area (Å²) in [6.07, 6.45) is 1.40. The summed E-state index contributed by atoms with van der Waals surface area (Å²) in [4.78, 5) is 4.64. The van der Waals surface area contributed by atoms with Gasteiger partial charge in [-0.1, -0.05) is 70.2 Å². The predicted octanol–water partition coefficient (Wildman–Crippen LogP) is 6.24. The lowest BCUT2D eigenvalue weighted by atomic mass is 10.1. The van der Waals surface area contributed by atoms with Crippen LogP contribution in [0, 0.1) is 0 Å². The lowest BCUT2D eigenvalue weighted by molar-refractivity contribution is 0.225. The molecule has 5 nitrogen and oxygen atoms in total. The first kappa shape index (κ1) is 19.1. The van der Waals surface area contributed by atoms with E-state index in [0.717, 1.165) is 26.7 Å². The van der Waals surface area contributed by atoms with Gasteiger partial charge in [-0.05, 0) is 35.0 Å². The van der Waals surface area contributed by atoms with Gasteiger partial charge in [0.05, 0.1) is 0 Å². The van der Waals surface area contributed by atoms with Crippen LogP contribution < -0.4 is 10.1 Å². The number of ether oxygens (including phenoxy) is 1. The molecular weight excluding hydrogens is 460 g/mol. The normalized spacial score (nSPS) is 14.8. The second kappa shape index (κ2) is 8.08. The van der Waals surface area contributed by atoms with E-state index in [9.17, 15) is 0 Å². The zero-order chi connectivity index (χ0) is 20.5. The Kier molecular flexibility index (Phi) is 5.14. The SMILES string of the molecule is C=CCSc1nnc2c(n1)O[C@H](c1ccc3ccccc3c1)Nc1ccc(Br)cc1-2. The molecule has 1 aromatic heterocycles. The van der Waals surface area contributed by atoms with Crippen molar-refractivity contribution < 1.29 is 4.74 Å². The minimum absolute atomic E-state index is 0.412. The molecule has 0 unspecified atom stereocenters. The Morgan fingerprint density at radius 3 is 2.80 bits per heavy atom. The van der Waals surface area contributed by atoms with Crippen LogP contribution in [0.5, 0.6) is 5.88 Å². The number of nitrogens with one attached hydrogen (secondary N) is 1. The van der Waals surface area contributed by atoms with Crippen molar-refractivity contribution >= 4 is 44.2 Å². The topological polar surface area (TPSA) is 59.9 Å². The standard InChI is InChI=1S/C23H17BrN4OS/c1-2-11-30-23-26-22-20(27-28-23)18-13-17(24)9-10-19(18)25-21(29-22)16-8-7-14-5-3-4-6-15(14)12-16/h2-10,12-13,21,25H,1,11H2/t21-/m1/s1. The van der Waals surface area contributed by atoms with Crippen molar-refractivity contribution in [1.82, 2.24) is 15.2 Å². The molecule has 1 atom stereocenters. The summed E-state index contributed by atoms with van der Waals surface area (Å²) in [6, 6.07) is 20.6. The van der Waals surface area contributed by atoms with Gasteiger partial charge in [0.2, 0.25) is 11.0 Å². The van der Waals surface area contributed by atoms with Crippen LogP contribution in [0.15, 0.2) is 82.9 Å². The van der Waals surface area contributed by atoms with Gasteiger partial charge in [0.15, 0.2) is 11.9 Å². The molecule has 0 amide bonds. The zero-order valence-electron chi connectivity index (χ0n) is 15.9. The van der Waals surface area contributed by atoms with E-state index in [-0.39, 0.29) is 0 Å². The third kappa shape index (κ3) is 3.66. The van der Waals surface area contributed by atoms with Crippen LogP contribution in [-0.2, 0) is 0 Å². The Morgan fingerprint density at radius 1 is 1.07 bits per heavy atom. The summed E-state index contributed by atoms with van der Waals surface area (Å²) in [5.41, 5.74) is 3.43. The molecule has 7 heteroatoms. The molecule has 1 N–H and O–H groups in total. The summed E-state index contributed by atoms with van der Waals surface area (Å²) >= 11 is 5.02. The van der Waals surface area contributed by atoms with Crippen LogP contribution in [0.2, 0.25) is 0 Å². The molecular formula is C23H17BrN4OS. The molecule has 0 radical (unpaired) electrons. The second-order valence-corrected chi connectivity index (χ2v) is 8.69. The Labute approximate surface area is 186 Å². The third-order valence-electron chi connectivity index (χ3n) is 4.79. The molecule has 0 bridgehead atoms. The highest BCUT2D eigenvalue weighted by Gasteiger charge is 2.26. The molecule has 0 saturated heterocycles. The molecule has 5 rings (SSSR count). The Hall–Kier alpha value is -2.90. The fraction of sp³-hybridized carbons (Fsp3) is 0.0870. The lowest BCUT2D eigenvalue weighted by Gasteiger charge is -2.20. The smallest absolute Gasteiger partial charge is 0.247 e. The monoisotopic (exact) mass is 476 g/mol. The first-order valence-corrected chi connectivity index (χ1v) is 11.2. The van der Waals surface area contributed by atoms with Gasteiger partial charge in [-0.2, -0.15) is 4.98 Å². The van der Waals surface area contributed by atoms with Gasteiger partial charge in [0.25, 0.3) is 0 Å². The predicted molar refractivity (Wildman–Crippen MR) is 125 cm³/mol. The number of halogens is 1. The van der Waals surface area contributed by atoms with Crippen molar-refractivity contribution in [1.29, 1.82) is 0 Å². The van der Waals surface area contributed by atoms with Crippen LogP contribution in [0.4, 0.5) is 5.69 Å². The van der Waals surface area contributed by atoms with Gasteiger partial charge >= 0.3 is 0 Å². The summed E-state index contributed by atoms with van der Waals surface area (Å²) in [6.45, 7) is 3.75. The molecule has 0 spiro atoms. The first-order chi connectivity index (χ1) is 14.7. The summed E-state index contributed by atoms with van der Waals surface area (Å²) in [7, 11) is 0. The van der Waals surface area contributed by atoms with Crippen LogP contribution in [0.3, 0.4) is 0 Å². The number of thioether (sulfide) groups is 1. The zero-order valence-corrected chi connectivity index (χ0v) is 18.3. The number of anilines is 1. The molecule has 0 saturated carbocycles. The fourth-order valence-corrected chi connectivity index (χ4v) is 4.26. The Balaban J connectivity index is 1.62. The number of benzene rings is 3. The van der Waals surface area contributed by atoms with E-state index in [1.807, 2.05) is 36.4 Å². The van der Waals surface area contributed by atoms with Crippen molar-refractivity contribution in [3.05, 3.63) is 83.4 Å². The maximum absolute atomic E-state index is 6.36. The van der Waals surface area contributed by atoms with E-state index < -0.39 is 6.23 Å². The maximum Gasteiger partial charge on any atom is 0.247 e. The molecule has 1 aliphatic heterocycles. The van der Waals surface area contributed by atoms with Crippen LogP contribution in [0.25, 0.3) is 22.0 Å².